The predicted molar refractivity (Wildman–Crippen MR) is 81.4 cm³/mol. The molecule has 1 unspecified atom stereocenters. The van der Waals surface area contributed by atoms with E-state index in [1.54, 1.807) is 11.5 Å². The molecule has 0 saturated heterocycles. The Morgan fingerprint density at radius 2 is 2.00 bits per heavy atom. The normalized spacial score (nSPS) is 25.4. The van der Waals surface area contributed by atoms with Crippen LogP contribution in [-0.2, 0) is 6.42 Å². The molecule has 0 spiro atoms. The second kappa shape index (κ2) is 7.34. The first-order valence-electron chi connectivity index (χ1n) is 7.80. The first-order valence-corrected chi connectivity index (χ1v) is 8.58. The number of hydrogen-bond acceptors (Lipinski definition) is 4. The lowest BCUT2D eigenvalue weighted by atomic mass is 9.78. The molecule has 0 amide bonds. The largest absolute Gasteiger partial charge is 0.309 e. The van der Waals surface area contributed by atoms with Crippen molar-refractivity contribution in [2.24, 2.45) is 11.8 Å². The van der Waals surface area contributed by atoms with E-state index in [0.29, 0.717) is 6.04 Å². The number of aromatic nitrogens is 2. The highest BCUT2D eigenvalue weighted by Gasteiger charge is 2.29. The Bertz CT molecular complexity index is 369. The van der Waals surface area contributed by atoms with Gasteiger partial charge in [-0.05, 0) is 55.6 Å². The maximum absolute atomic E-state index is 4.30. The summed E-state index contributed by atoms with van der Waals surface area (Å²) >= 11 is 1.60. The highest BCUT2D eigenvalue weighted by Crippen LogP contribution is 2.38. The Morgan fingerprint density at radius 3 is 2.63 bits per heavy atom. The number of aryl methyl sites for hydroxylation is 1. The molecule has 0 radical (unpaired) electrons. The van der Waals surface area contributed by atoms with Gasteiger partial charge in [-0.1, -0.05) is 38.1 Å². The van der Waals surface area contributed by atoms with Crippen LogP contribution in [0.15, 0.2) is 0 Å². The maximum atomic E-state index is 4.30. The summed E-state index contributed by atoms with van der Waals surface area (Å²) in [6.07, 6.45) is 7.64. The number of hydrogen-bond donors (Lipinski definition) is 1. The average Bonchev–Trinajstić information content (AvgIpc) is 2.89. The molecule has 1 aliphatic carbocycles. The summed E-state index contributed by atoms with van der Waals surface area (Å²) in [7, 11) is 0. The monoisotopic (exact) mass is 281 g/mol. The highest BCUT2D eigenvalue weighted by atomic mass is 32.1. The van der Waals surface area contributed by atoms with E-state index in [9.17, 15) is 0 Å². The molecule has 0 bridgehead atoms. The van der Waals surface area contributed by atoms with E-state index in [2.05, 4.69) is 35.7 Å². The van der Waals surface area contributed by atoms with Crippen LogP contribution < -0.4 is 5.32 Å². The van der Waals surface area contributed by atoms with Crippen LogP contribution in [0.3, 0.4) is 0 Å². The molecule has 19 heavy (non-hydrogen) atoms. The van der Waals surface area contributed by atoms with Crippen LogP contribution in [0.5, 0.6) is 0 Å². The van der Waals surface area contributed by atoms with Crippen molar-refractivity contribution in [3.63, 3.8) is 0 Å². The van der Waals surface area contributed by atoms with Crippen molar-refractivity contribution in [1.82, 2.24) is 14.9 Å². The summed E-state index contributed by atoms with van der Waals surface area (Å²) in [6.45, 7) is 7.90. The van der Waals surface area contributed by atoms with Gasteiger partial charge in [-0.15, -0.1) is 5.10 Å². The van der Waals surface area contributed by atoms with Crippen LogP contribution in [0.2, 0.25) is 0 Å². The minimum absolute atomic E-state index is 0.488. The number of nitrogens with one attached hydrogen (secondary N) is 1. The molecule has 1 saturated carbocycles. The van der Waals surface area contributed by atoms with Gasteiger partial charge in [0.2, 0.25) is 0 Å². The van der Waals surface area contributed by atoms with Crippen molar-refractivity contribution in [2.45, 2.75) is 65.3 Å². The number of nitrogens with zero attached hydrogens (tertiary/aromatic N) is 2. The van der Waals surface area contributed by atoms with E-state index < -0.39 is 0 Å². The van der Waals surface area contributed by atoms with Crippen molar-refractivity contribution in [2.75, 3.05) is 6.54 Å². The van der Waals surface area contributed by atoms with Crippen LogP contribution in [0, 0.1) is 11.8 Å². The third-order valence-corrected chi connectivity index (χ3v) is 5.20. The fraction of sp³-hybridized carbons (Fsp3) is 0.867. The first kappa shape index (κ1) is 14.9. The fourth-order valence-electron chi connectivity index (χ4n) is 3.09. The van der Waals surface area contributed by atoms with E-state index in [-0.39, 0.29) is 0 Å². The molecule has 1 aromatic rings. The summed E-state index contributed by atoms with van der Waals surface area (Å²) in [5, 5.41) is 8.06. The topological polar surface area (TPSA) is 37.8 Å². The number of rotatable bonds is 6. The van der Waals surface area contributed by atoms with E-state index in [1.165, 1.54) is 42.7 Å². The molecule has 1 atom stereocenters. The third kappa shape index (κ3) is 3.76. The molecule has 1 heterocycles. The van der Waals surface area contributed by atoms with Gasteiger partial charge in [0, 0.05) is 6.04 Å². The van der Waals surface area contributed by atoms with E-state index in [4.69, 9.17) is 0 Å². The quantitative estimate of drug-likeness (QED) is 0.857. The first-order chi connectivity index (χ1) is 9.26. The van der Waals surface area contributed by atoms with Crippen LogP contribution in [0.4, 0.5) is 0 Å². The van der Waals surface area contributed by atoms with Gasteiger partial charge >= 0.3 is 0 Å². The molecule has 1 aliphatic rings. The van der Waals surface area contributed by atoms with E-state index in [0.717, 1.165) is 24.8 Å². The minimum atomic E-state index is 0.488. The van der Waals surface area contributed by atoms with Gasteiger partial charge in [0.1, 0.15) is 0 Å². The Hall–Kier alpha value is -0.480. The summed E-state index contributed by atoms with van der Waals surface area (Å²) in [4.78, 5) is 1.40. The second-order valence-corrected chi connectivity index (χ2v) is 6.67. The molecule has 0 aliphatic heterocycles. The van der Waals surface area contributed by atoms with Crippen molar-refractivity contribution in [1.29, 1.82) is 0 Å². The zero-order valence-corrected chi connectivity index (χ0v) is 13.3. The van der Waals surface area contributed by atoms with Crippen LogP contribution >= 0.6 is 11.5 Å². The molecule has 1 fully saturated rings. The Balaban J connectivity index is 2.11. The predicted octanol–water partition coefficient (Wildman–Crippen LogP) is 3.97. The molecule has 1 N–H and O–H groups in total. The van der Waals surface area contributed by atoms with Crippen molar-refractivity contribution < 1.29 is 0 Å². The maximum Gasteiger partial charge on any atom is 0.0801 e. The minimum Gasteiger partial charge on any atom is -0.309 e. The lowest BCUT2D eigenvalue weighted by molar-refractivity contribution is 0.233. The summed E-state index contributed by atoms with van der Waals surface area (Å²) in [5.74, 6) is 1.68. The fourth-order valence-corrected chi connectivity index (χ4v) is 4.00. The molecule has 2 rings (SSSR count). The highest BCUT2D eigenvalue weighted by molar-refractivity contribution is 7.05. The van der Waals surface area contributed by atoms with E-state index >= 15 is 0 Å². The molecule has 4 heteroatoms. The molecule has 108 valence electrons. The molecule has 0 aromatic carbocycles. The summed E-state index contributed by atoms with van der Waals surface area (Å²) in [6, 6.07) is 0.488. The van der Waals surface area contributed by atoms with Gasteiger partial charge in [-0.3, -0.25) is 0 Å². The zero-order chi connectivity index (χ0) is 13.7. The van der Waals surface area contributed by atoms with Gasteiger partial charge in [0.15, 0.2) is 0 Å². The Morgan fingerprint density at radius 1 is 1.26 bits per heavy atom. The second-order valence-electron chi connectivity index (χ2n) is 5.89. The van der Waals surface area contributed by atoms with Gasteiger partial charge < -0.3 is 5.32 Å². The van der Waals surface area contributed by atoms with Crippen LogP contribution in [0.1, 0.15) is 69.5 Å². The van der Waals surface area contributed by atoms with Gasteiger partial charge in [-0.2, -0.15) is 0 Å². The average molecular weight is 281 g/mol. The molecule has 3 nitrogen and oxygen atoms in total. The summed E-state index contributed by atoms with van der Waals surface area (Å²) in [5.41, 5.74) is 1.21. The zero-order valence-electron chi connectivity index (χ0n) is 12.5. The van der Waals surface area contributed by atoms with Gasteiger partial charge in [-0.25, -0.2) is 0 Å². The SMILES string of the molecule is CCCNC(c1snnc1CC)C1CCC(C)CC1. The Kier molecular flexibility index (Phi) is 5.76. The molecule has 1 aromatic heterocycles. The van der Waals surface area contributed by atoms with Crippen molar-refractivity contribution in [3.05, 3.63) is 10.6 Å². The standard InChI is InChI=1S/C15H27N3S/c1-4-10-16-14(12-8-6-11(3)7-9-12)15-13(5-2)17-18-19-15/h11-12,14,16H,4-10H2,1-3H3. The Labute approximate surface area is 121 Å². The van der Waals surface area contributed by atoms with Crippen LogP contribution in [0.25, 0.3) is 0 Å². The van der Waals surface area contributed by atoms with Gasteiger partial charge in [0.25, 0.3) is 0 Å². The van der Waals surface area contributed by atoms with Crippen molar-refractivity contribution in [3.8, 4) is 0 Å². The third-order valence-electron chi connectivity index (χ3n) is 4.35. The lowest BCUT2D eigenvalue weighted by Gasteiger charge is -2.33. The molecular formula is C15H27N3S. The smallest absolute Gasteiger partial charge is 0.0801 e. The van der Waals surface area contributed by atoms with Crippen LogP contribution in [-0.4, -0.2) is 16.1 Å². The molecular weight excluding hydrogens is 254 g/mol. The lowest BCUT2D eigenvalue weighted by Crippen LogP contribution is -2.31. The van der Waals surface area contributed by atoms with Crippen molar-refractivity contribution >= 4 is 11.5 Å². The van der Waals surface area contributed by atoms with Gasteiger partial charge in [0.05, 0.1) is 10.6 Å². The van der Waals surface area contributed by atoms with E-state index in [1.807, 2.05) is 0 Å². The summed E-state index contributed by atoms with van der Waals surface area (Å²) < 4.78 is 4.18.